The maximum absolute atomic E-state index is 4.25. The summed E-state index contributed by atoms with van der Waals surface area (Å²) < 4.78 is 0. The molecule has 38 heavy (non-hydrogen) atoms. The van der Waals surface area contributed by atoms with Crippen LogP contribution < -0.4 is 0 Å². The summed E-state index contributed by atoms with van der Waals surface area (Å²) in [5.74, 6) is 0. The largest absolute Gasteiger partial charge is 0.265 e. The Labute approximate surface area is 224 Å². The number of hydrogen-bond acceptors (Lipinski definition) is 2. The predicted molar refractivity (Wildman–Crippen MR) is 155 cm³/mol. The van der Waals surface area contributed by atoms with Crippen LogP contribution in [0, 0.1) is 0 Å². The number of nitrogens with zero attached hydrogens (tertiary/aromatic N) is 2. The van der Waals surface area contributed by atoms with Gasteiger partial charge in [-0.15, -0.1) is 0 Å². The Morgan fingerprint density at radius 2 is 1.26 bits per heavy atom. The summed E-state index contributed by atoms with van der Waals surface area (Å²) in [5.41, 5.74) is 13.9. The Hall–Kier alpha value is -4.30. The highest BCUT2D eigenvalue weighted by Gasteiger charge is 2.45. The molecule has 0 bridgehead atoms. The third-order valence-corrected chi connectivity index (χ3v) is 8.41. The van der Waals surface area contributed by atoms with Crippen molar-refractivity contribution in [2.75, 3.05) is 0 Å². The number of hydrogen-bond donors (Lipinski definition) is 0. The second kappa shape index (κ2) is 9.54. The third kappa shape index (κ3) is 3.80. The highest BCUT2D eigenvalue weighted by Crippen LogP contribution is 2.56. The lowest BCUT2D eigenvalue weighted by Gasteiger charge is -2.43. The van der Waals surface area contributed by atoms with Crippen LogP contribution in [0.1, 0.15) is 41.5 Å². The monoisotopic (exact) mass is 490 g/mol. The lowest BCUT2D eigenvalue weighted by Crippen LogP contribution is -2.34. The topological polar surface area (TPSA) is 25.8 Å². The molecule has 1 aromatic carbocycles. The number of pyridine rings is 2. The lowest BCUT2D eigenvalue weighted by molar-refractivity contribution is 0.678. The summed E-state index contributed by atoms with van der Waals surface area (Å²) >= 11 is 0. The Morgan fingerprint density at radius 1 is 0.658 bits per heavy atom. The van der Waals surface area contributed by atoms with Gasteiger partial charge in [-0.3, -0.25) is 9.97 Å². The van der Waals surface area contributed by atoms with E-state index in [2.05, 4.69) is 107 Å². The molecule has 3 aromatic rings. The number of fused-ring (bicyclic) bond motifs is 3. The zero-order chi connectivity index (χ0) is 25.4. The number of benzene rings is 1. The van der Waals surface area contributed by atoms with E-state index in [1.165, 1.54) is 55.7 Å². The standard InChI is InChI=1S/C36H30N2/c1-2-10-31-30(7-1)25-36(35-12-4-3-11-32(31)35,33-13-5-8-28(33)23-26-15-19-37-20-16-26)34-14-6-9-29(34)24-27-17-21-38-22-18-27/h1-6,8-12,15-22,25H,7,13-14,23-24H2. The van der Waals surface area contributed by atoms with Crippen molar-refractivity contribution in [2.45, 2.75) is 37.5 Å². The second-order valence-corrected chi connectivity index (χ2v) is 10.5. The molecule has 4 aliphatic carbocycles. The van der Waals surface area contributed by atoms with Gasteiger partial charge in [0.25, 0.3) is 0 Å². The Balaban J connectivity index is 1.49. The molecule has 0 saturated carbocycles. The number of allylic oxidation sites excluding steroid dienone is 14. The molecule has 0 aliphatic heterocycles. The molecular formula is C36H30N2. The molecule has 0 atom stereocenters. The Kier molecular flexibility index (Phi) is 5.74. The molecular weight excluding hydrogens is 460 g/mol. The van der Waals surface area contributed by atoms with E-state index in [9.17, 15) is 0 Å². The fraction of sp³-hybridized carbons (Fsp3) is 0.167. The molecule has 2 aromatic heterocycles. The van der Waals surface area contributed by atoms with Crippen LogP contribution in [0.3, 0.4) is 0 Å². The lowest BCUT2D eigenvalue weighted by atomic mass is 9.59. The van der Waals surface area contributed by atoms with Crippen LogP contribution in [0.2, 0.25) is 0 Å². The van der Waals surface area contributed by atoms with Crippen molar-refractivity contribution in [2.24, 2.45) is 0 Å². The fourth-order valence-electron chi connectivity index (χ4n) is 6.76. The van der Waals surface area contributed by atoms with E-state index in [-0.39, 0.29) is 5.41 Å². The van der Waals surface area contributed by atoms with E-state index in [0.717, 1.165) is 32.1 Å². The van der Waals surface area contributed by atoms with Crippen LogP contribution in [0.5, 0.6) is 0 Å². The maximum atomic E-state index is 4.25. The molecule has 0 spiro atoms. The van der Waals surface area contributed by atoms with Crippen molar-refractivity contribution in [3.63, 3.8) is 0 Å². The quantitative estimate of drug-likeness (QED) is 0.350. The average molecular weight is 491 g/mol. The molecule has 4 aliphatic rings. The summed E-state index contributed by atoms with van der Waals surface area (Å²) in [5, 5.41) is 0. The van der Waals surface area contributed by atoms with Crippen molar-refractivity contribution in [1.29, 1.82) is 0 Å². The van der Waals surface area contributed by atoms with Crippen molar-refractivity contribution in [1.82, 2.24) is 9.97 Å². The van der Waals surface area contributed by atoms with E-state index in [1.54, 1.807) is 0 Å². The van der Waals surface area contributed by atoms with E-state index in [0.29, 0.717) is 0 Å². The Bertz CT molecular complexity index is 1530. The molecule has 0 saturated heterocycles. The van der Waals surface area contributed by atoms with Gasteiger partial charge >= 0.3 is 0 Å². The molecule has 0 amide bonds. The van der Waals surface area contributed by atoms with E-state index in [1.807, 2.05) is 24.8 Å². The average Bonchev–Trinajstić information content (AvgIpc) is 3.64. The van der Waals surface area contributed by atoms with Crippen LogP contribution in [0.15, 0.2) is 150 Å². The molecule has 2 nitrogen and oxygen atoms in total. The van der Waals surface area contributed by atoms with Crippen LogP contribution in [-0.4, -0.2) is 9.97 Å². The minimum Gasteiger partial charge on any atom is -0.265 e. The highest BCUT2D eigenvalue weighted by atomic mass is 14.6. The normalized spacial score (nSPS) is 18.9. The van der Waals surface area contributed by atoms with Gasteiger partial charge in [-0.2, -0.15) is 0 Å². The first kappa shape index (κ1) is 22.9. The zero-order valence-electron chi connectivity index (χ0n) is 21.5. The molecule has 7 rings (SSSR count). The summed E-state index contributed by atoms with van der Waals surface area (Å²) in [6.45, 7) is 0. The van der Waals surface area contributed by atoms with E-state index >= 15 is 0 Å². The number of aromatic nitrogens is 2. The Morgan fingerprint density at radius 3 is 1.89 bits per heavy atom. The van der Waals surface area contributed by atoms with Gasteiger partial charge in [0.2, 0.25) is 0 Å². The minimum absolute atomic E-state index is 0.272. The third-order valence-electron chi connectivity index (χ3n) is 8.41. The van der Waals surface area contributed by atoms with Gasteiger partial charge in [0.15, 0.2) is 0 Å². The minimum atomic E-state index is -0.272. The van der Waals surface area contributed by atoms with Gasteiger partial charge < -0.3 is 0 Å². The van der Waals surface area contributed by atoms with Crippen molar-refractivity contribution in [3.8, 4) is 0 Å². The van der Waals surface area contributed by atoms with Gasteiger partial charge in [-0.05, 0) is 112 Å². The fourth-order valence-corrected chi connectivity index (χ4v) is 6.76. The predicted octanol–water partition coefficient (Wildman–Crippen LogP) is 8.00. The smallest absolute Gasteiger partial charge is 0.0581 e. The van der Waals surface area contributed by atoms with E-state index in [4.69, 9.17) is 0 Å². The molecule has 0 radical (unpaired) electrons. The summed E-state index contributed by atoms with van der Waals surface area (Å²) in [4.78, 5) is 8.51. The second-order valence-electron chi connectivity index (χ2n) is 10.5. The van der Waals surface area contributed by atoms with Gasteiger partial charge in [0, 0.05) is 24.8 Å². The first-order chi connectivity index (χ1) is 18.8. The first-order valence-electron chi connectivity index (χ1n) is 13.6. The molecule has 0 unspecified atom stereocenters. The molecule has 2 heterocycles. The number of rotatable bonds is 6. The van der Waals surface area contributed by atoms with Crippen molar-refractivity contribution in [3.05, 3.63) is 172 Å². The van der Waals surface area contributed by atoms with Crippen LogP contribution in [0.25, 0.3) is 5.57 Å². The van der Waals surface area contributed by atoms with Gasteiger partial charge in [-0.1, -0.05) is 72.9 Å². The van der Waals surface area contributed by atoms with Crippen molar-refractivity contribution >= 4 is 5.57 Å². The summed E-state index contributed by atoms with van der Waals surface area (Å²) in [6, 6.07) is 17.7. The molecule has 0 fully saturated rings. The van der Waals surface area contributed by atoms with Gasteiger partial charge in [0.05, 0.1) is 5.41 Å². The summed E-state index contributed by atoms with van der Waals surface area (Å²) in [7, 11) is 0. The van der Waals surface area contributed by atoms with E-state index < -0.39 is 0 Å². The zero-order valence-corrected chi connectivity index (χ0v) is 21.5. The van der Waals surface area contributed by atoms with Gasteiger partial charge in [0.1, 0.15) is 0 Å². The van der Waals surface area contributed by atoms with Crippen LogP contribution >= 0.6 is 0 Å². The van der Waals surface area contributed by atoms with Crippen LogP contribution in [-0.2, 0) is 18.3 Å². The highest BCUT2D eigenvalue weighted by molar-refractivity contribution is 5.89. The molecule has 184 valence electrons. The SMILES string of the molecule is C1=CCC2=CC(C3=C(Cc4ccncc4)C=CC3)(C3=C(Cc4ccncc4)C=CC3)c3ccccc3C2=C1. The van der Waals surface area contributed by atoms with Crippen LogP contribution in [0.4, 0.5) is 0 Å². The summed E-state index contributed by atoms with van der Waals surface area (Å²) in [6.07, 6.45) is 31.3. The molecule has 2 heteroatoms. The molecule has 0 N–H and O–H groups in total. The van der Waals surface area contributed by atoms with Gasteiger partial charge in [-0.25, -0.2) is 0 Å². The maximum Gasteiger partial charge on any atom is 0.0581 e. The first-order valence-corrected chi connectivity index (χ1v) is 13.6. The van der Waals surface area contributed by atoms with Crippen molar-refractivity contribution < 1.29 is 0 Å².